The van der Waals surface area contributed by atoms with Gasteiger partial charge >= 0.3 is 0 Å². The van der Waals surface area contributed by atoms with Gasteiger partial charge in [0.15, 0.2) is 5.96 Å². The van der Waals surface area contributed by atoms with Crippen LogP contribution in [0, 0.1) is 5.92 Å². The van der Waals surface area contributed by atoms with Crippen molar-refractivity contribution in [2.45, 2.75) is 19.8 Å². The highest BCUT2D eigenvalue weighted by atomic mass is 16.5. The fourth-order valence-electron chi connectivity index (χ4n) is 1.73. The van der Waals surface area contributed by atoms with Gasteiger partial charge in [0.2, 0.25) is 0 Å². The minimum Gasteiger partial charge on any atom is -0.382 e. The molecule has 0 radical (unpaired) electrons. The van der Waals surface area contributed by atoms with E-state index in [0.717, 1.165) is 58.3 Å². The second kappa shape index (κ2) is 9.24. The molecule has 1 unspecified atom stereocenters. The Hall–Kier alpha value is -0.810. The molecule has 0 aromatic rings. The number of rotatable bonds is 7. The second-order valence-electron chi connectivity index (χ2n) is 4.16. The first-order valence-corrected chi connectivity index (χ1v) is 6.46. The minimum atomic E-state index is 0.622. The van der Waals surface area contributed by atoms with Gasteiger partial charge in [-0.15, -0.1) is 0 Å². The van der Waals surface area contributed by atoms with Crippen LogP contribution in [0.25, 0.3) is 0 Å². The molecule has 100 valence electrons. The van der Waals surface area contributed by atoms with Crippen LogP contribution >= 0.6 is 0 Å². The summed E-state index contributed by atoms with van der Waals surface area (Å²) in [4.78, 5) is 4.18. The molecular weight excluding hydrogens is 218 g/mol. The van der Waals surface area contributed by atoms with Crippen molar-refractivity contribution in [3.8, 4) is 0 Å². The van der Waals surface area contributed by atoms with Crippen LogP contribution in [-0.4, -0.2) is 52.5 Å². The first-order chi connectivity index (χ1) is 8.36. The number of nitrogens with one attached hydrogen (secondary N) is 2. The average molecular weight is 243 g/mol. The lowest BCUT2D eigenvalue weighted by Gasteiger charge is -2.14. The van der Waals surface area contributed by atoms with Gasteiger partial charge in [0.25, 0.3) is 0 Å². The summed E-state index contributed by atoms with van der Waals surface area (Å²) in [6.07, 6.45) is 2.15. The number of aliphatic imine (C=N–C) groups is 1. The first-order valence-electron chi connectivity index (χ1n) is 6.46. The summed E-state index contributed by atoms with van der Waals surface area (Å²) in [5, 5.41) is 6.59. The molecule has 0 amide bonds. The van der Waals surface area contributed by atoms with E-state index < -0.39 is 0 Å². The van der Waals surface area contributed by atoms with Crippen molar-refractivity contribution in [1.29, 1.82) is 0 Å². The zero-order chi connectivity index (χ0) is 12.3. The highest BCUT2D eigenvalue weighted by molar-refractivity contribution is 5.79. The smallest absolute Gasteiger partial charge is 0.190 e. The van der Waals surface area contributed by atoms with Crippen LogP contribution < -0.4 is 10.6 Å². The fourth-order valence-corrected chi connectivity index (χ4v) is 1.73. The van der Waals surface area contributed by atoms with E-state index >= 15 is 0 Å². The predicted molar refractivity (Wildman–Crippen MR) is 69.4 cm³/mol. The Balaban J connectivity index is 2.03. The SMILES string of the molecule is CCOCCCNC(=NC)NCC1CCOC1. The molecule has 1 atom stereocenters. The summed E-state index contributed by atoms with van der Waals surface area (Å²) in [5.41, 5.74) is 0. The van der Waals surface area contributed by atoms with Crippen LogP contribution in [0.2, 0.25) is 0 Å². The second-order valence-corrected chi connectivity index (χ2v) is 4.16. The molecule has 17 heavy (non-hydrogen) atoms. The molecule has 0 saturated carbocycles. The third kappa shape index (κ3) is 6.48. The Morgan fingerprint density at radius 1 is 1.47 bits per heavy atom. The topological polar surface area (TPSA) is 54.9 Å². The molecule has 5 nitrogen and oxygen atoms in total. The lowest BCUT2D eigenvalue weighted by molar-refractivity contribution is 0.145. The van der Waals surface area contributed by atoms with Gasteiger partial charge in [-0.3, -0.25) is 4.99 Å². The fraction of sp³-hybridized carbons (Fsp3) is 0.917. The van der Waals surface area contributed by atoms with Gasteiger partial charge in [-0.05, 0) is 19.8 Å². The molecule has 1 aliphatic heterocycles. The summed E-state index contributed by atoms with van der Waals surface area (Å²) >= 11 is 0. The van der Waals surface area contributed by atoms with E-state index in [4.69, 9.17) is 9.47 Å². The summed E-state index contributed by atoms with van der Waals surface area (Å²) in [6, 6.07) is 0. The Bertz CT molecular complexity index is 216. The van der Waals surface area contributed by atoms with Crippen molar-refractivity contribution in [3.63, 3.8) is 0 Å². The van der Waals surface area contributed by atoms with Crippen molar-refractivity contribution in [3.05, 3.63) is 0 Å². The molecule has 0 aromatic heterocycles. The summed E-state index contributed by atoms with van der Waals surface area (Å²) in [6.45, 7) is 7.19. The lowest BCUT2D eigenvalue weighted by atomic mass is 10.1. The summed E-state index contributed by atoms with van der Waals surface area (Å²) in [7, 11) is 1.79. The van der Waals surface area contributed by atoms with Crippen molar-refractivity contribution >= 4 is 5.96 Å². The summed E-state index contributed by atoms with van der Waals surface area (Å²) < 4.78 is 10.6. The molecule has 0 aromatic carbocycles. The van der Waals surface area contributed by atoms with Crippen molar-refractivity contribution in [1.82, 2.24) is 10.6 Å². The van der Waals surface area contributed by atoms with E-state index in [9.17, 15) is 0 Å². The Labute approximate surface area is 104 Å². The number of hydrogen-bond acceptors (Lipinski definition) is 3. The molecule has 1 heterocycles. The largest absolute Gasteiger partial charge is 0.382 e. The lowest BCUT2D eigenvalue weighted by Crippen LogP contribution is -2.40. The molecule has 0 bridgehead atoms. The minimum absolute atomic E-state index is 0.622. The van der Waals surface area contributed by atoms with E-state index in [1.54, 1.807) is 7.05 Å². The normalized spacial score (nSPS) is 20.6. The van der Waals surface area contributed by atoms with Crippen LogP contribution in [0.4, 0.5) is 0 Å². The maximum absolute atomic E-state index is 5.33. The standard InChI is InChI=1S/C12H25N3O2/c1-3-16-7-4-6-14-12(13-2)15-9-11-5-8-17-10-11/h11H,3-10H2,1-2H3,(H2,13,14,15). The van der Waals surface area contributed by atoms with Gasteiger partial charge in [0.1, 0.15) is 0 Å². The number of hydrogen-bond donors (Lipinski definition) is 2. The average Bonchev–Trinajstić information content (AvgIpc) is 2.86. The van der Waals surface area contributed by atoms with E-state index in [1.165, 1.54) is 0 Å². The third-order valence-electron chi connectivity index (χ3n) is 2.77. The molecule has 0 spiro atoms. The third-order valence-corrected chi connectivity index (χ3v) is 2.77. The zero-order valence-electron chi connectivity index (χ0n) is 11.0. The van der Waals surface area contributed by atoms with E-state index in [-0.39, 0.29) is 0 Å². The Morgan fingerprint density at radius 3 is 3.00 bits per heavy atom. The molecular formula is C12H25N3O2. The predicted octanol–water partition coefficient (Wildman–Crippen LogP) is 0.615. The molecule has 1 aliphatic rings. The molecule has 1 fully saturated rings. The van der Waals surface area contributed by atoms with Gasteiger partial charge in [0, 0.05) is 45.9 Å². The first kappa shape index (κ1) is 14.3. The zero-order valence-corrected chi connectivity index (χ0v) is 11.0. The van der Waals surface area contributed by atoms with Crippen LogP contribution in [0.1, 0.15) is 19.8 Å². The number of ether oxygens (including phenoxy) is 2. The maximum atomic E-state index is 5.33. The monoisotopic (exact) mass is 243 g/mol. The molecule has 2 N–H and O–H groups in total. The van der Waals surface area contributed by atoms with Crippen molar-refractivity contribution in [2.75, 3.05) is 46.6 Å². The molecule has 1 saturated heterocycles. The van der Waals surface area contributed by atoms with Crippen LogP contribution in [0.3, 0.4) is 0 Å². The molecule has 0 aliphatic carbocycles. The van der Waals surface area contributed by atoms with Gasteiger partial charge in [-0.25, -0.2) is 0 Å². The Kier molecular flexibility index (Phi) is 7.75. The Morgan fingerprint density at radius 2 is 2.35 bits per heavy atom. The highest BCUT2D eigenvalue weighted by Gasteiger charge is 2.15. The number of guanidine groups is 1. The van der Waals surface area contributed by atoms with Crippen molar-refractivity contribution in [2.24, 2.45) is 10.9 Å². The maximum Gasteiger partial charge on any atom is 0.190 e. The summed E-state index contributed by atoms with van der Waals surface area (Å²) in [5.74, 6) is 1.49. The molecule has 5 heteroatoms. The number of nitrogens with zero attached hydrogens (tertiary/aromatic N) is 1. The molecule has 1 rings (SSSR count). The van der Waals surface area contributed by atoms with Gasteiger partial charge in [-0.2, -0.15) is 0 Å². The van der Waals surface area contributed by atoms with Crippen LogP contribution in [0.15, 0.2) is 4.99 Å². The van der Waals surface area contributed by atoms with Gasteiger partial charge in [0.05, 0.1) is 6.61 Å². The van der Waals surface area contributed by atoms with Gasteiger partial charge < -0.3 is 20.1 Å². The van der Waals surface area contributed by atoms with Crippen molar-refractivity contribution < 1.29 is 9.47 Å². The van der Waals surface area contributed by atoms with Gasteiger partial charge in [-0.1, -0.05) is 0 Å². The van der Waals surface area contributed by atoms with Crippen LogP contribution in [0.5, 0.6) is 0 Å². The highest BCUT2D eigenvalue weighted by Crippen LogP contribution is 2.10. The van der Waals surface area contributed by atoms with Crippen LogP contribution in [-0.2, 0) is 9.47 Å². The quantitative estimate of drug-likeness (QED) is 0.391. The van der Waals surface area contributed by atoms with E-state index in [2.05, 4.69) is 15.6 Å². The van der Waals surface area contributed by atoms with E-state index in [0.29, 0.717) is 5.92 Å². The van der Waals surface area contributed by atoms with E-state index in [1.807, 2.05) is 6.92 Å².